The Morgan fingerprint density at radius 2 is 2.26 bits per heavy atom. The van der Waals surface area contributed by atoms with Crippen LogP contribution in [-0.2, 0) is 0 Å². The van der Waals surface area contributed by atoms with Gasteiger partial charge in [0.1, 0.15) is 11.9 Å². The van der Waals surface area contributed by atoms with Gasteiger partial charge in [-0.1, -0.05) is 17.7 Å². The Labute approximate surface area is 116 Å². The van der Waals surface area contributed by atoms with Crippen molar-refractivity contribution in [2.45, 2.75) is 0 Å². The van der Waals surface area contributed by atoms with Gasteiger partial charge in [0.25, 0.3) is 0 Å². The normalized spacial score (nSPS) is 17.4. The fraction of sp³-hybridized carbons (Fsp3) is 0.0714. The zero-order chi connectivity index (χ0) is 13.4. The first kappa shape index (κ1) is 11.7. The van der Waals surface area contributed by atoms with Crippen LogP contribution < -0.4 is 16.0 Å². The summed E-state index contributed by atoms with van der Waals surface area (Å²) in [5, 5.41) is 12.7. The summed E-state index contributed by atoms with van der Waals surface area (Å²) >= 11 is 6.00. The van der Waals surface area contributed by atoms with Gasteiger partial charge in [0, 0.05) is 34.3 Å². The van der Waals surface area contributed by atoms with Gasteiger partial charge in [0.15, 0.2) is 0 Å². The van der Waals surface area contributed by atoms with Crippen molar-refractivity contribution in [3.8, 4) is 6.07 Å². The minimum atomic E-state index is 0.591. The lowest BCUT2D eigenvalue weighted by atomic mass is 10.0. The van der Waals surface area contributed by atoms with Crippen molar-refractivity contribution in [1.82, 2.24) is 5.32 Å². The SMILES string of the molecule is N#CC1=CNC(N)=C2CN(c3cccc(Cl)c3)C=C12. The predicted molar refractivity (Wildman–Crippen MR) is 74.9 cm³/mol. The molecule has 3 rings (SSSR count). The number of hydrogen-bond donors (Lipinski definition) is 2. The van der Waals surface area contributed by atoms with Crippen molar-refractivity contribution in [3.63, 3.8) is 0 Å². The third-order valence-corrected chi connectivity index (χ3v) is 3.42. The van der Waals surface area contributed by atoms with E-state index in [1.165, 1.54) is 0 Å². The van der Waals surface area contributed by atoms with E-state index >= 15 is 0 Å². The van der Waals surface area contributed by atoms with Crippen LogP contribution in [0.15, 0.2) is 59.2 Å². The summed E-state index contributed by atoms with van der Waals surface area (Å²) in [7, 11) is 0. The number of nitriles is 1. The van der Waals surface area contributed by atoms with Crippen molar-refractivity contribution in [3.05, 3.63) is 64.2 Å². The second kappa shape index (κ2) is 4.38. The minimum Gasteiger partial charge on any atom is -0.385 e. The molecule has 2 aliphatic heterocycles. The van der Waals surface area contributed by atoms with Crippen molar-refractivity contribution >= 4 is 17.3 Å². The van der Waals surface area contributed by atoms with Crippen LogP contribution >= 0.6 is 11.6 Å². The third kappa shape index (κ3) is 1.94. The number of fused-ring (bicyclic) bond motifs is 1. The Balaban J connectivity index is 2.02. The maximum Gasteiger partial charge on any atom is 0.106 e. The van der Waals surface area contributed by atoms with Gasteiger partial charge in [0.05, 0.1) is 12.1 Å². The molecule has 3 N–H and O–H groups in total. The van der Waals surface area contributed by atoms with Crippen LogP contribution in [0, 0.1) is 11.3 Å². The molecule has 0 saturated heterocycles. The molecule has 0 atom stereocenters. The maximum absolute atomic E-state index is 9.12. The third-order valence-electron chi connectivity index (χ3n) is 3.19. The van der Waals surface area contributed by atoms with Gasteiger partial charge in [-0.05, 0) is 18.2 Å². The molecule has 0 fully saturated rings. The number of benzene rings is 1. The fourth-order valence-electron chi connectivity index (χ4n) is 2.23. The van der Waals surface area contributed by atoms with E-state index in [1.54, 1.807) is 6.20 Å². The second-order valence-electron chi connectivity index (χ2n) is 4.36. The molecule has 94 valence electrons. The van der Waals surface area contributed by atoms with Crippen LogP contribution in [0.4, 0.5) is 5.69 Å². The molecule has 0 spiro atoms. The molecule has 0 bridgehead atoms. The smallest absolute Gasteiger partial charge is 0.106 e. The lowest BCUT2D eigenvalue weighted by molar-refractivity contribution is 0.947. The maximum atomic E-state index is 9.12. The number of halogens is 1. The molecular weight excluding hydrogens is 260 g/mol. The number of nitrogens with two attached hydrogens (primary N) is 1. The Bertz CT molecular complexity index is 679. The first-order chi connectivity index (χ1) is 9.19. The summed E-state index contributed by atoms with van der Waals surface area (Å²) in [6.07, 6.45) is 3.57. The number of allylic oxidation sites excluding steroid dienone is 1. The molecule has 0 saturated carbocycles. The van der Waals surface area contributed by atoms with Crippen LogP contribution in [0.3, 0.4) is 0 Å². The molecule has 4 nitrogen and oxygen atoms in total. The van der Waals surface area contributed by atoms with Crippen molar-refractivity contribution in [2.24, 2.45) is 5.73 Å². The number of nitrogens with one attached hydrogen (secondary N) is 1. The highest BCUT2D eigenvalue weighted by atomic mass is 35.5. The highest BCUT2D eigenvalue weighted by molar-refractivity contribution is 6.30. The monoisotopic (exact) mass is 270 g/mol. The summed E-state index contributed by atoms with van der Waals surface area (Å²) in [5.74, 6) is 0.592. The molecule has 1 aromatic carbocycles. The number of anilines is 1. The standard InChI is InChI=1S/C14H11ClN4/c15-10-2-1-3-11(4-10)19-7-12-9(5-16)6-18-14(17)13(12)8-19/h1-4,6-7,18H,8,17H2. The summed E-state index contributed by atoms with van der Waals surface area (Å²) in [5.41, 5.74) is 9.32. The van der Waals surface area contributed by atoms with E-state index in [1.807, 2.05) is 35.4 Å². The van der Waals surface area contributed by atoms with Gasteiger partial charge in [-0.2, -0.15) is 5.26 Å². The average Bonchev–Trinajstić information content (AvgIpc) is 2.85. The summed E-state index contributed by atoms with van der Waals surface area (Å²) in [6.45, 7) is 0.632. The lowest BCUT2D eigenvalue weighted by Crippen LogP contribution is -2.24. The zero-order valence-corrected chi connectivity index (χ0v) is 10.8. The molecule has 0 aromatic heterocycles. The van der Waals surface area contributed by atoms with E-state index in [4.69, 9.17) is 22.6 Å². The Hall–Kier alpha value is -2.38. The number of hydrogen-bond acceptors (Lipinski definition) is 4. The van der Waals surface area contributed by atoms with Gasteiger partial charge in [0.2, 0.25) is 0 Å². The first-order valence-electron chi connectivity index (χ1n) is 5.79. The number of dihydropyridines is 1. The van der Waals surface area contributed by atoms with E-state index in [0.717, 1.165) is 16.8 Å². The van der Waals surface area contributed by atoms with Gasteiger partial charge in [-0.3, -0.25) is 0 Å². The number of rotatable bonds is 1. The molecule has 0 aliphatic carbocycles. The van der Waals surface area contributed by atoms with E-state index < -0.39 is 0 Å². The van der Waals surface area contributed by atoms with Crippen LogP contribution in [0.1, 0.15) is 0 Å². The zero-order valence-electron chi connectivity index (χ0n) is 10.0. The molecule has 5 heteroatoms. The highest BCUT2D eigenvalue weighted by Gasteiger charge is 2.27. The molecule has 0 amide bonds. The Kier molecular flexibility index (Phi) is 2.69. The molecular formula is C14H11ClN4. The van der Waals surface area contributed by atoms with Crippen LogP contribution in [0.25, 0.3) is 0 Å². The average molecular weight is 271 g/mol. The molecule has 2 heterocycles. The van der Waals surface area contributed by atoms with E-state index in [2.05, 4.69) is 11.4 Å². The number of nitrogens with zero attached hydrogens (tertiary/aromatic N) is 2. The lowest BCUT2D eigenvalue weighted by Gasteiger charge is -2.17. The highest BCUT2D eigenvalue weighted by Crippen LogP contribution is 2.33. The summed E-state index contributed by atoms with van der Waals surface area (Å²) in [6, 6.07) is 9.75. The van der Waals surface area contributed by atoms with Gasteiger partial charge >= 0.3 is 0 Å². The minimum absolute atomic E-state index is 0.591. The summed E-state index contributed by atoms with van der Waals surface area (Å²) < 4.78 is 0. The largest absolute Gasteiger partial charge is 0.385 e. The topological polar surface area (TPSA) is 65.1 Å². The van der Waals surface area contributed by atoms with E-state index in [9.17, 15) is 0 Å². The fourth-order valence-corrected chi connectivity index (χ4v) is 2.41. The molecule has 2 aliphatic rings. The molecule has 0 radical (unpaired) electrons. The van der Waals surface area contributed by atoms with Crippen molar-refractivity contribution in [2.75, 3.05) is 11.4 Å². The van der Waals surface area contributed by atoms with Crippen molar-refractivity contribution < 1.29 is 0 Å². The van der Waals surface area contributed by atoms with Crippen molar-refractivity contribution in [1.29, 1.82) is 5.26 Å². The predicted octanol–water partition coefficient (Wildman–Crippen LogP) is 2.22. The quantitative estimate of drug-likeness (QED) is 0.821. The van der Waals surface area contributed by atoms with Gasteiger partial charge in [-0.15, -0.1) is 0 Å². The molecule has 0 unspecified atom stereocenters. The Morgan fingerprint density at radius 1 is 1.42 bits per heavy atom. The van der Waals surface area contributed by atoms with Crippen LogP contribution in [0.2, 0.25) is 5.02 Å². The Morgan fingerprint density at radius 3 is 3.00 bits per heavy atom. The van der Waals surface area contributed by atoms with Gasteiger partial charge in [-0.25, -0.2) is 0 Å². The van der Waals surface area contributed by atoms with E-state index in [0.29, 0.717) is 23.0 Å². The summed E-state index contributed by atoms with van der Waals surface area (Å²) in [4.78, 5) is 2.03. The van der Waals surface area contributed by atoms with Crippen LogP contribution in [0.5, 0.6) is 0 Å². The second-order valence-corrected chi connectivity index (χ2v) is 4.79. The van der Waals surface area contributed by atoms with Crippen LogP contribution in [-0.4, -0.2) is 6.54 Å². The first-order valence-corrected chi connectivity index (χ1v) is 6.17. The van der Waals surface area contributed by atoms with E-state index in [-0.39, 0.29) is 0 Å². The molecule has 19 heavy (non-hydrogen) atoms. The van der Waals surface area contributed by atoms with Gasteiger partial charge < -0.3 is 16.0 Å². The molecule has 1 aromatic rings.